The zero-order valence-electron chi connectivity index (χ0n) is 19.0. The predicted molar refractivity (Wildman–Crippen MR) is 113 cm³/mol. The molecule has 0 fully saturated rings. The van der Waals surface area contributed by atoms with Gasteiger partial charge in [0.2, 0.25) is 0 Å². The van der Waals surface area contributed by atoms with Gasteiger partial charge in [0, 0.05) is 26.7 Å². The Morgan fingerprint density at radius 1 is 1.06 bits per heavy atom. The van der Waals surface area contributed by atoms with Crippen LogP contribution in [0.2, 0.25) is 0 Å². The predicted octanol–water partition coefficient (Wildman–Crippen LogP) is 2.84. The van der Waals surface area contributed by atoms with Crippen LogP contribution in [0.25, 0.3) is 0 Å². The average molecular weight is 453 g/mol. The number of hydrogen-bond acceptors (Lipinski definition) is 9. The quantitative estimate of drug-likeness (QED) is 0.378. The lowest BCUT2D eigenvalue weighted by Crippen LogP contribution is -2.52. The molecule has 10 heteroatoms. The SMILES string of the molecule is CCC(C)COC(=O)O[C@@H](C)CC(N)(Cc1ccc(OC(C)=O)c(OC(C)=O)c1)C(=O)O. The zero-order valence-corrected chi connectivity index (χ0v) is 19.0. The van der Waals surface area contributed by atoms with Crippen LogP contribution < -0.4 is 15.2 Å². The molecule has 1 aromatic rings. The molecule has 10 nitrogen and oxygen atoms in total. The number of rotatable bonds is 11. The summed E-state index contributed by atoms with van der Waals surface area (Å²) in [6.45, 7) is 7.96. The molecule has 0 aliphatic heterocycles. The van der Waals surface area contributed by atoms with Crippen molar-refractivity contribution in [3.8, 4) is 11.5 Å². The van der Waals surface area contributed by atoms with Crippen LogP contribution in [0.4, 0.5) is 4.79 Å². The van der Waals surface area contributed by atoms with E-state index < -0.39 is 35.7 Å². The molecule has 0 heterocycles. The second-order valence-corrected chi connectivity index (χ2v) is 7.81. The first-order valence-corrected chi connectivity index (χ1v) is 10.2. The number of aliphatic carboxylic acids is 1. The van der Waals surface area contributed by atoms with Crippen molar-refractivity contribution in [3.05, 3.63) is 23.8 Å². The highest BCUT2D eigenvalue weighted by Gasteiger charge is 2.37. The van der Waals surface area contributed by atoms with E-state index in [0.29, 0.717) is 5.56 Å². The second kappa shape index (κ2) is 12.0. The van der Waals surface area contributed by atoms with Crippen LogP contribution in [0.3, 0.4) is 0 Å². The van der Waals surface area contributed by atoms with Crippen molar-refractivity contribution in [2.75, 3.05) is 6.61 Å². The summed E-state index contributed by atoms with van der Waals surface area (Å²) in [6, 6.07) is 4.25. The van der Waals surface area contributed by atoms with E-state index in [1.165, 1.54) is 39.0 Å². The van der Waals surface area contributed by atoms with Gasteiger partial charge in [-0.3, -0.25) is 14.4 Å². The number of hydrogen-bond donors (Lipinski definition) is 2. The number of carboxylic acid groups (broad SMARTS) is 1. The highest BCUT2D eigenvalue weighted by molar-refractivity contribution is 5.79. The van der Waals surface area contributed by atoms with Crippen molar-refractivity contribution in [2.24, 2.45) is 11.7 Å². The maximum absolute atomic E-state index is 11.9. The van der Waals surface area contributed by atoms with Gasteiger partial charge >= 0.3 is 24.1 Å². The minimum Gasteiger partial charge on any atom is -0.480 e. The van der Waals surface area contributed by atoms with Crippen LogP contribution in [0.5, 0.6) is 11.5 Å². The highest BCUT2D eigenvalue weighted by atomic mass is 16.7. The van der Waals surface area contributed by atoms with Crippen molar-refractivity contribution >= 4 is 24.1 Å². The Kier molecular flexibility index (Phi) is 10.1. The first kappa shape index (κ1) is 26.9. The molecular weight excluding hydrogens is 422 g/mol. The summed E-state index contributed by atoms with van der Waals surface area (Å²) in [4.78, 5) is 46.4. The van der Waals surface area contributed by atoms with Crippen molar-refractivity contribution in [1.29, 1.82) is 0 Å². The number of benzene rings is 1. The Hall–Kier alpha value is -3.14. The Morgan fingerprint density at radius 2 is 1.66 bits per heavy atom. The van der Waals surface area contributed by atoms with E-state index in [9.17, 15) is 24.3 Å². The average Bonchev–Trinajstić information content (AvgIpc) is 2.66. The van der Waals surface area contributed by atoms with E-state index in [0.717, 1.165) is 6.42 Å². The largest absolute Gasteiger partial charge is 0.508 e. The van der Waals surface area contributed by atoms with Crippen LogP contribution in [-0.2, 0) is 30.3 Å². The summed E-state index contributed by atoms with van der Waals surface area (Å²) in [5.74, 6) is -2.43. The van der Waals surface area contributed by atoms with Crippen molar-refractivity contribution in [3.63, 3.8) is 0 Å². The van der Waals surface area contributed by atoms with Gasteiger partial charge in [0.25, 0.3) is 0 Å². The standard InChI is InChI=1S/C22H31NO9/c1-6-13(2)12-29-21(28)30-14(3)10-22(23,20(26)27)11-17-7-8-18(31-15(4)24)19(9-17)32-16(5)25/h7-9,13-14H,6,10-12,23H2,1-5H3,(H,26,27)/t13?,14-,22?/m0/s1. The monoisotopic (exact) mass is 453 g/mol. The summed E-state index contributed by atoms with van der Waals surface area (Å²) in [7, 11) is 0. The van der Waals surface area contributed by atoms with E-state index in [2.05, 4.69) is 0 Å². The minimum absolute atomic E-state index is 0.00940. The molecule has 3 N–H and O–H groups in total. The molecule has 3 atom stereocenters. The molecule has 0 amide bonds. The molecule has 0 radical (unpaired) electrons. The molecule has 32 heavy (non-hydrogen) atoms. The third-order valence-corrected chi connectivity index (χ3v) is 4.59. The van der Waals surface area contributed by atoms with Crippen LogP contribution in [0.1, 0.15) is 53.0 Å². The third-order valence-electron chi connectivity index (χ3n) is 4.59. The lowest BCUT2D eigenvalue weighted by molar-refractivity contribution is -0.144. The Morgan fingerprint density at radius 3 is 2.19 bits per heavy atom. The molecule has 0 saturated heterocycles. The number of carbonyl (C=O) groups is 4. The highest BCUT2D eigenvalue weighted by Crippen LogP contribution is 2.31. The lowest BCUT2D eigenvalue weighted by Gasteiger charge is -2.28. The molecule has 0 aromatic heterocycles. The summed E-state index contributed by atoms with van der Waals surface area (Å²) in [5, 5.41) is 9.72. The summed E-state index contributed by atoms with van der Waals surface area (Å²) >= 11 is 0. The molecule has 178 valence electrons. The van der Waals surface area contributed by atoms with Crippen LogP contribution >= 0.6 is 0 Å². The fraction of sp³-hybridized carbons (Fsp3) is 0.545. The van der Waals surface area contributed by atoms with E-state index >= 15 is 0 Å². The first-order valence-electron chi connectivity index (χ1n) is 10.2. The van der Waals surface area contributed by atoms with Gasteiger partial charge in [0.05, 0.1) is 6.61 Å². The van der Waals surface area contributed by atoms with Crippen LogP contribution in [0, 0.1) is 5.92 Å². The zero-order chi connectivity index (χ0) is 24.5. The molecule has 0 aliphatic carbocycles. The lowest BCUT2D eigenvalue weighted by atomic mass is 9.86. The first-order chi connectivity index (χ1) is 14.9. The number of nitrogens with two attached hydrogens (primary N) is 1. The maximum atomic E-state index is 11.9. The molecule has 1 rings (SSSR count). The molecule has 0 bridgehead atoms. The molecule has 0 saturated carbocycles. The second-order valence-electron chi connectivity index (χ2n) is 7.81. The van der Waals surface area contributed by atoms with Crippen molar-refractivity contribution in [2.45, 2.75) is 65.5 Å². The number of esters is 2. The summed E-state index contributed by atoms with van der Waals surface area (Å²) < 4.78 is 20.2. The maximum Gasteiger partial charge on any atom is 0.508 e. The molecule has 2 unspecified atom stereocenters. The van der Waals surface area contributed by atoms with Gasteiger partial charge < -0.3 is 29.8 Å². The number of ether oxygens (including phenoxy) is 4. The van der Waals surface area contributed by atoms with Crippen molar-refractivity contribution < 1.29 is 43.2 Å². The summed E-state index contributed by atoms with van der Waals surface area (Å²) in [6.07, 6.45) is -1.27. The van der Waals surface area contributed by atoms with Crippen molar-refractivity contribution in [1.82, 2.24) is 0 Å². The van der Waals surface area contributed by atoms with E-state index in [1.807, 2.05) is 13.8 Å². The Labute approximate surface area is 187 Å². The number of carbonyl (C=O) groups excluding carboxylic acids is 3. The normalized spacial score (nSPS) is 14.4. The van der Waals surface area contributed by atoms with Gasteiger partial charge in [-0.25, -0.2) is 4.79 Å². The molecule has 0 aliphatic rings. The molecule has 1 aromatic carbocycles. The van der Waals surface area contributed by atoms with Crippen LogP contribution in [-0.4, -0.2) is 47.4 Å². The smallest absolute Gasteiger partial charge is 0.480 e. The third kappa shape index (κ3) is 8.93. The molecular formula is C22H31NO9. The van der Waals surface area contributed by atoms with E-state index in [-0.39, 0.29) is 36.9 Å². The van der Waals surface area contributed by atoms with Crippen LogP contribution in [0.15, 0.2) is 18.2 Å². The van der Waals surface area contributed by atoms with Gasteiger partial charge in [-0.2, -0.15) is 0 Å². The Balaban J connectivity index is 2.96. The Bertz CT molecular complexity index is 839. The van der Waals surface area contributed by atoms with Gasteiger partial charge in [0.1, 0.15) is 11.6 Å². The van der Waals surface area contributed by atoms with Gasteiger partial charge in [-0.15, -0.1) is 0 Å². The van der Waals surface area contributed by atoms with Gasteiger partial charge in [-0.05, 0) is 30.5 Å². The number of carboxylic acids is 1. The van der Waals surface area contributed by atoms with Gasteiger partial charge in [0.15, 0.2) is 11.5 Å². The minimum atomic E-state index is -1.80. The van der Waals surface area contributed by atoms with Gasteiger partial charge in [-0.1, -0.05) is 26.3 Å². The summed E-state index contributed by atoms with van der Waals surface area (Å²) in [5.41, 5.74) is 4.75. The topological polar surface area (TPSA) is 151 Å². The van der Waals surface area contributed by atoms with E-state index in [4.69, 9.17) is 24.7 Å². The fourth-order valence-corrected chi connectivity index (χ4v) is 2.82. The molecule has 0 spiro atoms. The van der Waals surface area contributed by atoms with E-state index in [1.54, 1.807) is 0 Å². The fourth-order valence-electron chi connectivity index (χ4n) is 2.82.